The van der Waals surface area contributed by atoms with E-state index in [0.717, 1.165) is 16.7 Å². The molecule has 3 aromatic heterocycles. The monoisotopic (exact) mass is 506 g/mol. The van der Waals surface area contributed by atoms with Gasteiger partial charge in [-0.05, 0) is 58.5 Å². The van der Waals surface area contributed by atoms with E-state index in [1.807, 2.05) is 12.3 Å². The van der Waals surface area contributed by atoms with Gasteiger partial charge in [0.15, 0.2) is 5.52 Å². The number of aryl methyl sites for hydroxylation is 2. The van der Waals surface area contributed by atoms with Crippen LogP contribution in [0.2, 0.25) is 0 Å². The minimum atomic E-state index is 0.00862. The van der Waals surface area contributed by atoms with Gasteiger partial charge in [-0.3, -0.25) is 0 Å². The van der Waals surface area contributed by atoms with Gasteiger partial charge >= 0.3 is 0 Å². The Morgan fingerprint density at radius 3 is 1.92 bits per heavy atom. The molecule has 7 aromatic rings. The van der Waals surface area contributed by atoms with Crippen LogP contribution in [0.15, 0.2) is 103 Å². The highest BCUT2D eigenvalue weighted by molar-refractivity contribution is 6.10. The fourth-order valence-electron chi connectivity index (χ4n) is 6.31. The molecular formula is C36H32N3+. The van der Waals surface area contributed by atoms with Crippen molar-refractivity contribution in [3.8, 4) is 16.9 Å². The molecule has 4 aromatic carbocycles. The van der Waals surface area contributed by atoms with Crippen molar-refractivity contribution in [3.05, 3.63) is 114 Å². The summed E-state index contributed by atoms with van der Waals surface area (Å²) in [6.07, 6.45) is 1.90. The van der Waals surface area contributed by atoms with E-state index in [0.29, 0.717) is 0 Å². The van der Waals surface area contributed by atoms with Gasteiger partial charge in [-0.15, -0.1) is 0 Å². The summed E-state index contributed by atoms with van der Waals surface area (Å²) in [6, 6.07) is 35.2. The van der Waals surface area contributed by atoms with E-state index >= 15 is 0 Å². The van der Waals surface area contributed by atoms with Crippen LogP contribution in [0.3, 0.4) is 0 Å². The summed E-state index contributed by atoms with van der Waals surface area (Å²) in [4.78, 5) is 4.93. The molecule has 3 heterocycles. The van der Waals surface area contributed by atoms with Crippen LogP contribution in [0.1, 0.15) is 31.9 Å². The topological polar surface area (TPSA) is 21.7 Å². The molecule has 7 rings (SSSR count). The molecule has 0 aliphatic heterocycles. The molecule has 0 aliphatic rings. The van der Waals surface area contributed by atoms with Crippen molar-refractivity contribution >= 4 is 43.6 Å². The summed E-state index contributed by atoms with van der Waals surface area (Å²) in [5.41, 5.74) is 10.7. The number of aromatic nitrogens is 3. The maximum atomic E-state index is 4.93. The van der Waals surface area contributed by atoms with Gasteiger partial charge in [-0.1, -0.05) is 81.4 Å². The van der Waals surface area contributed by atoms with E-state index in [-0.39, 0.29) is 5.41 Å². The quantitative estimate of drug-likeness (QED) is 0.215. The van der Waals surface area contributed by atoms with Crippen molar-refractivity contribution in [2.75, 3.05) is 0 Å². The van der Waals surface area contributed by atoms with Crippen LogP contribution in [-0.4, -0.2) is 9.55 Å². The summed E-state index contributed by atoms with van der Waals surface area (Å²) in [5, 5.41) is 5.15. The lowest BCUT2D eigenvalue weighted by molar-refractivity contribution is -0.633. The van der Waals surface area contributed by atoms with Crippen LogP contribution in [-0.2, 0) is 12.5 Å². The molecule has 0 radical (unpaired) electrons. The molecule has 0 N–H and O–H groups in total. The van der Waals surface area contributed by atoms with Crippen molar-refractivity contribution in [1.29, 1.82) is 0 Å². The normalized spacial score (nSPS) is 12.2. The Bertz CT molecular complexity index is 2020. The van der Waals surface area contributed by atoms with Crippen LogP contribution in [0.5, 0.6) is 0 Å². The van der Waals surface area contributed by atoms with Crippen LogP contribution >= 0.6 is 0 Å². The number of nitrogens with zero attached hydrogens (tertiary/aromatic N) is 3. The lowest BCUT2D eigenvalue weighted by Crippen LogP contribution is -2.33. The lowest BCUT2D eigenvalue weighted by atomic mass is 9.80. The van der Waals surface area contributed by atoms with E-state index in [2.05, 4.69) is 135 Å². The van der Waals surface area contributed by atoms with Crippen molar-refractivity contribution < 1.29 is 4.57 Å². The van der Waals surface area contributed by atoms with Crippen LogP contribution in [0, 0.1) is 6.92 Å². The molecule has 0 aliphatic carbocycles. The highest BCUT2D eigenvalue weighted by Crippen LogP contribution is 2.39. The van der Waals surface area contributed by atoms with Crippen molar-refractivity contribution in [2.45, 2.75) is 33.1 Å². The number of fused-ring (bicyclic) bond motifs is 5. The zero-order valence-corrected chi connectivity index (χ0v) is 23.2. The Balaban J connectivity index is 1.64. The number of hydrogen-bond acceptors (Lipinski definition) is 1. The van der Waals surface area contributed by atoms with Gasteiger partial charge in [-0.25, -0.2) is 4.98 Å². The third kappa shape index (κ3) is 3.50. The van der Waals surface area contributed by atoms with Crippen molar-refractivity contribution in [1.82, 2.24) is 9.55 Å². The van der Waals surface area contributed by atoms with Gasteiger partial charge < -0.3 is 4.57 Å². The minimum absolute atomic E-state index is 0.00862. The summed E-state index contributed by atoms with van der Waals surface area (Å²) < 4.78 is 4.70. The van der Waals surface area contributed by atoms with Gasteiger partial charge in [0.1, 0.15) is 7.05 Å². The molecule has 0 saturated carbocycles. The largest absolute Gasteiger partial charge is 0.307 e. The average molecular weight is 507 g/mol. The van der Waals surface area contributed by atoms with Gasteiger partial charge in [0.05, 0.1) is 22.3 Å². The molecule has 190 valence electrons. The highest BCUT2D eigenvalue weighted by Gasteiger charge is 2.26. The number of rotatable bonds is 2. The smallest absolute Gasteiger partial charge is 0.233 e. The van der Waals surface area contributed by atoms with E-state index in [4.69, 9.17) is 4.98 Å². The summed E-state index contributed by atoms with van der Waals surface area (Å²) in [5.74, 6) is 0. The first-order chi connectivity index (χ1) is 18.8. The van der Waals surface area contributed by atoms with Gasteiger partial charge in [0, 0.05) is 29.1 Å². The second-order valence-corrected chi connectivity index (χ2v) is 11.6. The predicted octanol–water partition coefficient (Wildman–Crippen LogP) is 8.58. The molecule has 0 amide bonds. The predicted molar refractivity (Wildman–Crippen MR) is 164 cm³/mol. The van der Waals surface area contributed by atoms with Gasteiger partial charge in [0.2, 0.25) is 11.2 Å². The van der Waals surface area contributed by atoms with E-state index in [1.54, 1.807) is 0 Å². The van der Waals surface area contributed by atoms with Crippen LogP contribution in [0.4, 0.5) is 0 Å². The molecule has 0 fully saturated rings. The standard InChI is InChI=1S/C36H32N3/c1-23-24-13-6-7-14-25(24)29(36(2,3)4)21-28(23)33-22-34(35-32(38(33)5)19-12-20-37-35)39-30-17-10-8-15-26(30)27-16-9-11-18-31(27)39/h6-22H,1-5H3/q+1. The number of benzene rings is 4. The second kappa shape index (κ2) is 8.51. The fourth-order valence-corrected chi connectivity index (χ4v) is 6.31. The number of para-hydroxylation sites is 2. The molecule has 39 heavy (non-hydrogen) atoms. The Labute approximate surface area is 229 Å². The van der Waals surface area contributed by atoms with Gasteiger partial charge in [-0.2, -0.15) is 4.57 Å². The molecule has 0 bridgehead atoms. The molecule has 0 saturated heterocycles. The molecular weight excluding hydrogens is 474 g/mol. The highest BCUT2D eigenvalue weighted by atomic mass is 15.0. The zero-order valence-electron chi connectivity index (χ0n) is 23.2. The molecule has 3 nitrogen and oxygen atoms in total. The molecule has 3 heteroatoms. The Hall–Kier alpha value is -4.50. The molecule has 0 spiro atoms. The first-order valence-corrected chi connectivity index (χ1v) is 13.6. The van der Waals surface area contributed by atoms with Gasteiger partial charge in [0.25, 0.3) is 0 Å². The third-order valence-electron chi connectivity index (χ3n) is 8.24. The summed E-state index contributed by atoms with van der Waals surface area (Å²) >= 11 is 0. The third-order valence-corrected chi connectivity index (χ3v) is 8.24. The summed E-state index contributed by atoms with van der Waals surface area (Å²) in [7, 11) is 2.17. The summed E-state index contributed by atoms with van der Waals surface area (Å²) in [6.45, 7) is 9.18. The SMILES string of the molecule is Cc1c(-c2cc(-n3c4ccccc4c4ccccc43)c3ncccc3[n+]2C)cc(C(C)(C)C)c2ccccc12. The Morgan fingerprint density at radius 2 is 1.28 bits per heavy atom. The van der Waals surface area contributed by atoms with Crippen LogP contribution < -0.4 is 4.57 Å². The average Bonchev–Trinajstić information content (AvgIpc) is 3.28. The van der Waals surface area contributed by atoms with E-state index in [1.165, 1.54) is 55.0 Å². The number of hydrogen-bond donors (Lipinski definition) is 0. The van der Waals surface area contributed by atoms with Crippen LogP contribution in [0.25, 0.3) is 60.6 Å². The van der Waals surface area contributed by atoms with E-state index < -0.39 is 0 Å². The van der Waals surface area contributed by atoms with E-state index in [9.17, 15) is 0 Å². The van der Waals surface area contributed by atoms with Crippen molar-refractivity contribution in [2.24, 2.45) is 7.05 Å². The first kappa shape index (κ1) is 23.6. The Morgan fingerprint density at radius 1 is 0.692 bits per heavy atom. The fraction of sp³-hybridized carbons (Fsp3) is 0.167. The maximum Gasteiger partial charge on any atom is 0.233 e. The van der Waals surface area contributed by atoms with Crippen molar-refractivity contribution in [3.63, 3.8) is 0 Å². The molecule has 0 unspecified atom stereocenters. The second-order valence-electron chi connectivity index (χ2n) is 11.6. The first-order valence-electron chi connectivity index (χ1n) is 13.6. The molecule has 0 atom stereocenters. The Kier molecular flexibility index (Phi) is 5.15. The minimum Gasteiger partial charge on any atom is -0.307 e. The maximum absolute atomic E-state index is 4.93. The number of pyridine rings is 2. The zero-order chi connectivity index (χ0) is 26.9. The lowest BCUT2D eigenvalue weighted by Gasteiger charge is -2.24.